The number of hydrogen-bond donors (Lipinski definition) is 1. The second-order valence-corrected chi connectivity index (χ2v) is 9.51. The molecule has 2 aromatic rings. The number of rotatable bonds is 9. The number of halogens is 6. The number of thiophene rings is 1. The van der Waals surface area contributed by atoms with E-state index in [1.807, 2.05) is 6.26 Å². The fourth-order valence-electron chi connectivity index (χ4n) is 2.63. The first kappa shape index (κ1) is 24.4. The molecular formula is C16H17BrF5N2O3PS2. The summed E-state index contributed by atoms with van der Waals surface area (Å²) in [5.74, 6) is 0.265. The van der Waals surface area contributed by atoms with Crippen molar-refractivity contribution in [1.29, 1.82) is 0 Å². The molecule has 0 spiro atoms. The molecule has 1 aromatic carbocycles. The Morgan fingerprint density at radius 2 is 2.10 bits per heavy atom. The minimum Gasteiger partial charge on any atom is -0.492 e. The smallest absolute Gasteiger partial charge is 0.389 e. The number of hydrogen-bond acceptors (Lipinski definition) is 7. The van der Waals surface area contributed by atoms with Crippen molar-refractivity contribution in [2.75, 3.05) is 19.7 Å². The molecule has 14 heteroatoms. The molecule has 1 aliphatic heterocycles. The van der Waals surface area contributed by atoms with Crippen molar-refractivity contribution in [3.05, 3.63) is 27.0 Å². The summed E-state index contributed by atoms with van der Waals surface area (Å²) in [6, 6.07) is -0.0607. The van der Waals surface area contributed by atoms with E-state index in [-0.39, 0.29) is 34.9 Å². The van der Waals surface area contributed by atoms with Gasteiger partial charge in [-0.15, -0.1) is 11.3 Å². The van der Waals surface area contributed by atoms with Gasteiger partial charge in [0.15, 0.2) is 6.79 Å². The summed E-state index contributed by atoms with van der Waals surface area (Å²) in [6.45, 7) is -0.0111. The predicted octanol–water partition coefficient (Wildman–Crippen LogP) is 6.53. The number of nitrogens with one attached hydrogen (secondary N) is 1. The van der Waals surface area contributed by atoms with Crippen LogP contribution in [0.1, 0.15) is 23.3 Å². The zero-order chi connectivity index (χ0) is 21.9. The number of nitrogens with zero attached hydrogens (tertiary/aromatic N) is 1. The Labute approximate surface area is 187 Å². The summed E-state index contributed by atoms with van der Waals surface area (Å²) < 4.78 is 81.2. The van der Waals surface area contributed by atoms with Gasteiger partial charge in [0.05, 0.1) is 11.3 Å². The van der Waals surface area contributed by atoms with Crippen LogP contribution in [0.15, 0.2) is 16.6 Å². The normalized spacial score (nSPS) is 16.8. The van der Waals surface area contributed by atoms with Crippen LogP contribution in [0.3, 0.4) is 0 Å². The van der Waals surface area contributed by atoms with E-state index >= 15 is 0 Å². The third-order valence-corrected chi connectivity index (χ3v) is 7.57. The quantitative estimate of drug-likeness (QED) is 0.125. The molecule has 0 radical (unpaired) electrons. The average Bonchev–Trinajstić information content (AvgIpc) is 3.32. The van der Waals surface area contributed by atoms with Crippen LogP contribution in [0.5, 0.6) is 5.75 Å². The van der Waals surface area contributed by atoms with Crippen molar-refractivity contribution in [2.24, 2.45) is 0 Å². The monoisotopic (exact) mass is 554 g/mol. The number of alkyl halides is 5. The van der Waals surface area contributed by atoms with Crippen molar-refractivity contribution in [3.63, 3.8) is 0 Å². The van der Waals surface area contributed by atoms with Gasteiger partial charge in [-0.2, -0.15) is 22.0 Å². The molecule has 1 saturated heterocycles. The Morgan fingerprint density at radius 1 is 1.33 bits per heavy atom. The molecule has 0 saturated carbocycles. The third-order valence-electron chi connectivity index (χ3n) is 3.95. The summed E-state index contributed by atoms with van der Waals surface area (Å²) in [4.78, 5) is 5.02. The van der Waals surface area contributed by atoms with Gasteiger partial charge in [-0.05, 0) is 46.3 Å². The lowest BCUT2D eigenvalue weighted by atomic mass is 10.1. The van der Waals surface area contributed by atoms with Gasteiger partial charge in [-0.1, -0.05) is 16.8 Å². The van der Waals surface area contributed by atoms with E-state index in [1.165, 1.54) is 11.9 Å². The maximum atomic E-state index is 15.0. The molecule has 0 aliphatic carbocycles. The molecule has 5 nitrogen and oxygen atoms in total. The Kier molecular flexibility index (Phi) is 8.22. The molecular weight excluding hydrogens is 538 g/mol. The van der Waals surface area contributed by atoms with E-state index in [4.69, 9.17) is 14.1 Å². The van der Waals surface area contributed by atoms with Crippen molar-refractivity contribution in [1.82, 2.24) is 9.56 Å². The molecule has 2 heterocycles. The standard InChI is InChI=1S/C16H17BrF5N2O3PS2/c1-29-23-7-9-5-10-12(17)14(16(21,22)24-26-8-27-28-24)30-13(10)11(6-9)25-4-2-3-15(18,19)20/h5-6,23,28H,2-4,7-8H2,1H3. The predicted molar refractivity (Wildman–Crippen MR) is 112 cm³/mol. The van der Waals surface area contributed by atoms with Crippen molar-refractivity contribution in [3.8, 4) is 5.75 Å². The lowest BCUT2D eigenvalue weighted by Gasteiger charge is -2.22. The zero-order valence-electron chi connectivity index (χ0n) is 15.4. The molecule has 0 amide bonds. The molecule has 168 valence electrons. The van der Waals surface area contributed by atoms with E-state index in [1.54, 1.807) is 12.1 Å². The highest BCUT2D eigenvalue weighted by atomic mass is 79.9. The molecule has 1 unspecified atom stereocenters. The summed E-state index contributed by atoms with van der Waals surface area (Å²) >= 11 is 5.44. The molecule has 0 bridgehead atoms. The number of benzene rings is 1. The van der Waals surface area contributed by atoms with Gasteiger partial charge in [0, 0.05) is 22.8 Å². The Morgan fingerprint density at radius 3 is 2.73 bits per heavy atom. The second kappa shape index (κ2) is 10.1. The first-order valence-electron chi connectivity index (χ1n) is 8.52. The Hall–Kier alpha value is -0.270. The number of hydroxylamine groups is 1. The first-order valence-corrected chi connectivity index (χ1v) is 12.2. The maximum absolute atomic E-state index is 15.0. The van der Waals surface area contributed by atoms with E-state index < -0.39 is 27.6 Å². The van der Waals surface area contributed by atoms with Gasteiger partial charge in [-0.25, -0.2) is 0 Å². The van der Waals surface area contributed by atoms with Gasteiger partial charge < -0.3 is 9.26 Å². The molecule has 1 atom stereocenters. The SMILES string of the molecule is CSNCc1cc(OCCCC(F)(F)F)c2sc(C(F)(F)N3OCOP3)c(Br)c2c1. The fourth-order valence-corrected chi connectivity index (χ4v) is 5.60. The Balaban J connectivity index is 1.94. The minimum absolute atomic E-state index is 0.180. The van der Waals surface area contributed by atoms with Gasteiger partial charge in [0.2, 0.25) is 0 Å². The zero-order valence-corrected chi connectivity index (χ0v) is 19.7. The van der Waals surface area contributed by atoms with Crippen LogP contribution in [0.25, 0.3) is 10.1 Å². The van der Waals surface area contributed by atoms with E-state index in [2.05, 4.69) is 20.7 Å². The first-order chi connectivity index (χ1) is 14.1. The molecule has 1 aromatic heterocycles. The van der Waals surface area contributed by atoms with Crippen LogP contribution in [0.2, 0.25) is 0 Å². The second-order valence-electron chi connectivity index (χ2n) is 6.13. The van der Waals surface area contributed by atoms with Crippen LogP contribution in [0.4, 0.5) is 22.0 Å². The van der Waals surface area contributed by atoms with Crippen LogP contribution in [0, 0.1) is 0 Å². The van der Waals surface area contributed by atoms with Crippen molar-refractivity contribution in [2.45, 2.75) is 31.6 Å². The van der Waals surface area contributed by atoms with E-state index in [9.17, 15) is 22.0 Å². The van der Waals surface area contributed by atoms with Crippen LogP contribution < -0.4 is 9.46 Å². The van der Waals surface area contributed by atoms with Gasteiger partial charge in [0.25, 0.3) is 0 Å². The van der Waals surface area contributed by atoms with E-state index in [0.717, 1.165) is 16.9 Å². The highest BCUT2D eigenvalue weighted by Gasteiger charge is 2.47. The largest absolute Gasteiger partial charge is 0.492 e. The molecule has 1 fully saturated rings. The number of fused-ring (bicyclic) bond motifs is 1. The molecule has 3 rings (SSSR count). The average molecular weight is 555 g/mol. The topological polar surface area (TPSA) is 43.0 Å². The summed E-state index contributed by atoms with van der Waals surface area (Å²) in [5, 5.41) is 0.490. The summed E-state index contributed by atoms with van der Waals surface area (Å²) in [6.07, 6.45) is -3.64. The maximum Gasteiger partial charge on any atom is 0.389 e. The van der Waals surface area contributed by atoms with Gasteiger partial charge >= 0.3 is 12.2 Å². The van der Waals surface area contributed by atoms with Gasteiger partial charge in [-0.3, -0.25) is 9.56 Å². The third kappa shape index (κ3) is 5.74. The lowest BCUT2D eigenvalue weighted by Crippen LogP contribution is -2.29. The van der Waals surface area contributed by atoms with Crippen LogP contribution in [-0.4, -0.2) is 30.7 Å². The lowest BCUT2D eigenvalue weighted by molar-refractivity contribution is -0.258. The van der Waals surface area contributed by atoms with Gasteiger partial charge in [0.1, 0.15) is 19.6 Å². The van der Waals surface area contributed by atoms with Crippen molar-refractivity contribution >= 4 is 58.3 Å². The Bertz CT molecular complexity index is 881. The molecule has 30 heavy (non-hydrogen) atoms. The van der Waals surface area contributed by atoms with Crippen molar-refractivity contribution < 1.29 is 36.1 Å². The molecule has 1 aliphatic rings. The number of ether oxygens (including phenoxy) is 1. The highest BCUT2D eigenvalue weighted by Crippen LogP contribution is 2.52. The molecule has 1 N–H and O–H groups in total. The van der Waals surface area contributed by atoms with Crippen LogP contribution in [-0.2, 0) is 22.0 Å². The van der Waals surface area contributed by atoms with Crippen LogP contribution >= 0.6 is 48.2 Å². The summed E-state index contributed by atoms with van der Waals surface area (Å²) in [5.41, 5.74) is 0.749. The highest BCUT2D eigenvalue weighted by molar-refractivity contribution is 9.10. The van der Waals surface area contributed by atoms with E-state index in [0.29, 0.717) is 21.5 Å². The summed E-state index contributed by atoms with van der Waals surface area (Å²) in [7, 11) is -0.654. The fraction of sp³-hybridized carbons (Fsp3) is 0.500. The minimum atomic E-state index is -4.28.